The number of methoxy groups -OCH3 is 1. The summed E-state index contributed by atoms with van der Waals surface area (Å²) >= 11 is 0. The largest absolute Gasteiger partial charge is 0.383 e. The van der Waals surface area contributed by atoms with Crippen LogP contribution in [-0.4, -0.2) is 32.2 Å². The van der Waals surface area contributed by atoms with Gasteiger partial charge in [0.1, 0.15) is 6.04 Å². The zero-order valence-corrected chi connectivity index (χ0v) is 11.6. The van der Waals surface area contributed by atoms with Gasteiger partial charge in [-0.1, -0.05) is 42.5 Å². The first-order valence-electron chi connectivity index (χ1n) is 6.71. The van der Waals surface area contributed by atoms with Crippen LogP contribution in [0.15, 0.2) is 42.5 Å². The van der Waals surface area contributed by atoms with Gasteiger partial charge in [-0.25, -0.2) is 0 Å². The molecule has 2 rings (SSSR count). The molecule has 1 atom stereocenters. The number of ether oxygens (including phenoxy) is 1. The third-order valence-electron chi connectivity index (χ3n) is 3.26. The number of hydrogen-bond donors (Lipinski definition) is 2. The average Bonchev–Trinajstić information content (AvgIpc) is 2.47. The number of hydrogen-bond acceptors (Lipinski definition) is 3. The summed E-state index contributed by atoms with van der Waals surface area (Å²) in [5.74, 6) is -0.174. The van der Waals surface area contributed by atoms with Crippen LogP contribution < -0.4 is 11.1 Å². The molecule has 2 aromatic carbocycles. The summed E-state index contributed by atoms with van der Waals surface area (Å²) in [6, 6.07) is 13.9. The van der Waals surface area contributed by atoms with E-state index in [0.717, 1.165) is 6.42 Å². The van der Waals surface area contributed by atoms with E-state index in [9.17, 15) is 4.79 Å². The van der Waals surface area contributed by atoms with Gasteiger partial charge in [-0.2, -0.15) is 0 Å². The molecule has 106 valence electrons. The number of nitrogens with one attached hydrogen (secondary N) is 1. The van der Waals surface area contributed by atoms with Gasteiger partial charge in [0.2, 0.25) is 5.91 Å². The van der Waals surface area contributed by atoms with Crippen LogP contribution in [0.25, 0.3) is 10.8 Å². The number of carbonyl (C=O) groups is 1. The Morgan fingerprint density at radius 3 is 2.80 bits per heavy atom. The molecule has 3 N–H and O–H groups in total. The number of fused-ring (bicyclic) bond motifs is 1. The molecule has 1 amide bonds. The third-order valence-corrected chi connectivity index (χ3v) is 3.26. The van der Waals surface area contributed by atoms with Crippen molar-refractivity contribution in [2.45, 2.75) is 12.5 Å². The van der Waals surface area contributed by atoms with Crippen LogP contribution in [0, 0.1) is 0 Å². The summed E-state index contributed by atoms with van der Waals surface area (Å²) < 4.78 is 4.86. The van der Waals surface area contributed by atoms with E-state index in [0.29, 0.717) is 6.54 Å². The molecule has 0 heterocycles. The fourth-order valence-corrected chi connectivity index (χ4v) is 2.22. The molecule has 0 aliphatic carbocycles. The van der Waals surface area contributed by atoms with Crippen molar-refractivity contribution in [3.8, 4) is 0 Å². The van der Waals surface area contributed by atoms with Gasteiger partial charge in [0.25, 0.3) is 0 Å². The Labute approximate surface area is 118 Å². The summed E-state index contributed by atoms with van der Waals surface area (Å²) in [6.07, 6.45) is 0.785. The van der Waals surface area contributed by atoms with E-state index in [1.807, 2.05) is 18.2 Å². The van der Waals surface area contributed by atoms with Crippen LogP contribution in [0.4, 0.5) is 0 Å². The van der Waals surface area contributed by atoms with Crippen LogP contribution in [0.5, 0.6) is 0 Å². The molecule has 0 saturated carbocycles. The normalized spacial score (nSPS) is 12.3. The Kier molecular flexibility index (Phi) is 5.09. The molecule has 0 aliphatic rings. The lowest BCUT2D eigenvalue weighted by atomic mass is 10.0. The van der Waals surface area contributed by atoms with Gasteiger partial charge in [0, 0.05) is 13.7 Å². The first-order chi connectivity index (χ1) is 9.72. The fraction of sp³-hybridized carbons (Fsp3) is 0.312. The van der Waals surface area contributed by atoms with Crippen LogP contribution in [0.1, 0.15) is 5.56 Å². The minimum absolute atomic E-state index is 0.174. The Balaban J connectivity index is 1.95. The van der Waals surface area contributed by atoms with Crippen molar-refractivity contribution in [2.24, 2.45) is 5.73 Å². The fourth-order valence-electron chi connectivity index (χ4n) is 2.22. The van der Waals surface area contributed by atoms with Crippen molar-refractivity contribution >= 4 is 16.7 Å². The second-order valence-electron chi connectivity index (χ2n) is 4.74. The molecule has 0 saturated heterocycles. The van der Waals surface area contributed by atoms with E-state index in [4.69, 9.17) is 10.5 Å². The lowest BCUT2D eigenvalue weighted by molar-refractivity contribution is -0.123. The summed E-state index contributed by atoms with van der Waals surface area (Å²) in [6.45, 7) is 0.810. The molecule has 0 spiro atoms. The molecule has 0 fully saturated rings. The molecule has 0 bridgehead atoms. The van der Waals surface area contributed by atoms with Crippen molar-refractivity contribution in [3.05, 3.63) is 48.0 Å². The number of nitrogens with two attached hydrogens (primary N) is 1. The summed E-state index contributed by atoms with van der Waals surface area (Å²) in [5, 5.41) is 5.28. The Bertz CT molecular complexity index is 578. The van der Waals surface area contributed by atoms with E-state index in [2.05, 4.69) is 29.6 Å². The summed E-state index contributed by atoms with van der Waals surface area (Å²) in [4.78, 5) is 11.7. The molecule has 0 radical (unpaired) electrons. The van der Waals surface area contributed by atoms with E-state index >= 15 is 0 Å². The quantitative estimate of drug-likeness (QED) is 0.837. The highest BCUT2D eigenvalue weighted by Gasteiger charge is 2.12. The maximum Gasteiger partial charge on any atom is 0.239 e. The Morgan fingerprint density at radius 1 is 1.25 bits per heavy atom. The summed E-state index contributed by atoms with van der Waals surface area (Å²) in [5.41, 5.74) is 6.89. The smallest absolute Gasteiger partial charge is 0.239 e. The van der Waals surface area contributed by atoms with E-state index in [1.165, 1.54) is 23.4 Å². The van der Waals surface area contributed by atoms with Crippen LogP contribution in [-0.2, 0) is 16.0 Å². The van der Waals surface area contributed by atoms with Gasteiger partial charge in [0.05, 0.1) is 6.61 Å². The van der Waals surface area contributed by atoms with Crippen LogP contribution in [0.2, 0.25) is 0 Å². The highest BCUT2D eigenvalue weighted by atomic mass is 16.5. The molecule has 4 nitrogen and oxygen atoms in total. The van der Waals surface area contributed by atoms with Gasteiger partial charge in [-0.15, -0.1) is 0 Å². The first-order valence-corrected chi connectivity index (χ1v) is 6.71. The Morgan fingerprint density at radius 2 is 2.00 bits per heavy atom. The standard InChI is InChI=1S/C16H20N2O2/c1-20-11-15(17)16(19)18-10-9-13-7-4-6-12-5-2-3-8-14(12)13/h2-8,15H,9-11,17H2,1H3,(H,18,19). The van der Waals surface area contributed by atoms with Crippen molar-refractivity contribution < 1.29 is 9.53 Å². The van der Waals surface area contributed by atoms with Crippen molar-refractivity contribution in [1.82, 2.24) is 5.32 Å². The topological polar surface area (TPSA) is 64.3 Å². The average molecular weight is 272 g/mol. The maximum absolute atomic E-state index is 11.7. The van der Waals surface area contributed by atoms with Crippen molar-refractivity contribution in [2.75, 3.05) is 20.3 Å². The lowest BCUT2D eigenvalue weighted by Gasteiger charge is -2.12. The molecule has 1 unspecified atom stereocenters. The predicted octanol–water partition coefficient (Wildman–Crippen LogP) is 1.47. The van der Waals surface area contributed by atoms with Gasteiger partial charge >= 0.3 is 0 Å². The van der Waals surface area contributed by atoms with Crippen molar-refractivity contribution in [3.63, 3.8) is 0 Å². The van der Waals surface area contributed by atoms with Gasteiger partial charge < -0.3 is 15.8 Å². The second-order valence-corrected chi connectivity index (χ2v) is 4.74. The maximum atomic E-state index is 11.7. The number of benzene rings is 2. The zero-order valence-electron chi connectivity index (χ0n) is 11.6. The highest BCUT2D eigenvalue weighted by molar-refractivity contribution is 5.86. The molecule has 2 aromatic rings. The SMILES string of the molecule is COCC(N)C(=O)NCCc1cccc2ccccc12. The molecule has 0 aliphatic heterocycles. The molecular formula is C16H20N2O2. The minimum Gasteiger partial charge on any atom is -0.383 e. The molecule has 4 heteroatoms. The van der Waals surface area contributed by atoms with Gasteiger partial charge in [0.15, 0.2) is 0 Å². The number of amides is 1. The monoisotopic (exact) mass is 272 g/mol. The lowest BCUT2D eigenvalue weighted by Crippen LogP contribution is -2.44. The van der Waals surface area contributed by atoms with Crippen LogP contribution >= 0.6 is 0 Å². The van der Waals surface area contributed by atoms with Gasteiger partial charge in [-0.05, 0) is 22.8 Å². The van der Waals surface area contributed by atoms with Crippen molar-refractivity contribution in [1.29, 1.82) is 0 Å². The van der Waals surface area contributed by atoms with E-state index in [1.54, 1.807) is 0 Å². The molecule has 20 heavy (non-hydrogen) atoms. The minimum atomic E-state index is -0.604. The highest BCUT2D eigenvalue weighted by Crippen LogP contribution is 2.18. The Hall–Kier alpha value is -1.91. The molecule has 0 aromatic heterocycles. The predicted molar refractivity (Wildman–Crippen MR) is 80.5 cm³/mol. The zero-order chi connectivity index (χ0) is 14.4. The van der Waals surface area contributed by atoms with Gasteiger partial charge in [-0.3, -0.25) is 4.79 Å². The summed E-state index contributed by atoms with van der Waals surface area (Å²) in [7, 11) is 1.53. The first kappa shape index (κ1) is 14.5. The third kappa shape index (κ3) is 3.56. The molecular weight excluding hydrogens is 252 g/mol. The van der Waals surface area contributed by atoms with E-state index in [-0.39, 0.29) is 12.5 Å². The van der Waals surface area contributed by atoms with Crippen LogP contribution in [0.3, 0.4) is 0 Å². The van der Waals surface area contributed by atoms with E-state index < -0.39 is 6.04 Å². The number of carbonyl (C=O) groups excluding carboxylic acids is 1. The second kappa shape index (κ2) is 7.03. The number of rotatable bonds is 6.